The molecular weight excluding hydrogens is 268 g/mol. The van der Waals surface area contributed by atoms with Gasteiger partial charge in [0.2, 0.25) is 5.91 Å². The van der Waals surface area contributed by atoms with E-state index in [1.54, 1.807) is 11.1 Å². The van der Waals surface area contributed by atoms with Gasteiger partial charge in [0.25, 0.3) is 0 Å². The Morgan fingerprint density at radius 1 is 1.33 bits per heavy atom. The van der Waals surface area contributed by atoms with E-state index in [1.807, 2.05) is 32.0 Å². The van der Waals surface area contributed by atoms with Crippen LogP contribution in [0.1, 0.15) is 38.8 Å². The first kappa shape index (κ1) is 15.5. The molecule has 1 fully saturated rings. The Morgan fingerprint density at radius 3 is 2.57 bits per heavy atom. The molecule has 5 nitrogen and oxygen atoms in total. The largest absolute Gasteiger partial charge is 0.481 e. The molecule has 0 unspecified atom stereocenters. The van der Waals surface area contributed by atoms with Crippen LogP contribution in [0.25, 0.3) is 0 Å². The molecule has 1 saturated carbocycles. The smallest absolute Gasteiger partial charge is 0.306 e. The third-order valence-electron chi connectivity index (χ3n) is 4.10. The molecule has 2 rings (SSSR count). The summed E-state index contributed by atoms with van der Waals surface area (Å²) in [6, 6.07) is 5.72. The highest BCUT2D eigenvalue weighted by atomic mass is 16.4. The Hall–Kier alpha value is -1.91. The van der Waals surface area contributed by atoms with E-state index in [0.29, 0.717) is 25.8 Å². The molecule has 0 aliphatic heterocycles. The minimum atomic E-state index is -0.786. The molecule has 0 saturated heterocycles. The fourth-order valence-corrected chi connectivity index (χ4v) is 2.85. The van der Waals surface area contributed by atoms with Gasteiger partial charge in [-0.05, 0) is 45.2 Å². The summed E-state index contributed by atoms with van der Waals surface area (Å²) in [7, 11) is 0. The summed E-state index contributed by atoms with van der Waals surface area (Å²) >= 11 is 0. The molecule has 1 heterocycles. The van der Waals surface area contributed by atoms with E-state index in [9.17, 15) is 9.59 Å². The third kappa shape index (κ3) is 3.80. The van der Waals surface area contributed by atoms with E-state index in [2.05, 4.69) is 4.98 Å². The standard InChI is InChI=1S/C16H22N2O3/c1-11(2)18(10-14-5-3-4-8-17-14)15(19)12-6-7-13(9-12)16(20)21/h3-5,8,11-13H,6-7,9-10H2,1-2H3,(H,20,21)/t12-,13+/m1/s1. The fourth-order valence-electron chi connectivity index (χ4n) is 2.85. The summed E-state index contributed by atoms with van der Waals surface area (Å²) in [6.07, 6.45) is 3.44. The minimum absolute atomic E-state index is 0.0550. The topological polar surface area (TPSA) is 70.5 Å². The molecule has 5 heteroatoms. The van der Waals surface area contributed by atoms with Crippen molar-refractivity contribution >= 4 is 11.9 Å². The van der Waals surface area contributed by atoms with E-state index in [-0.39, 0.29) is 23.8 Å². The normalized spacial score (nSPS) is 21.5. The zero-order valence-corrected chi connectivity index (χ0v) is 12.5. The number of carbonyl (C=O) groups is 2. The maximum Gasteiger partial charge on any atom is 0.306 e. The van der Waals surface area contributed by atoms with Crippen LogP contribution in [0.5, 0.6) is 0 Å². The van der Waals surface area contributed by atoms with Crippen LogP contribution in [0.4, 0.5) is 0 Å². The lowest BCUT2D eigenvalue weighted by Gasteiger charge is -2.29. The average Bonchev–Trinajstić information content (AvgIpc) is 2.95. The van der Waals surface area contributed by atoms with Gasteiger partial charge in [-0.1, -0.05) is 6.07 Å². The van der Waals surface area contributed by atoms with Gasteiger partial charge in [-0.3, -0.25) is 14.6 Å². The van der Waals surface area contributed by atoms with Gasteiger partial charge < -0.3 is 10.0 Å². The molecule has 1 N–H and O–H groups in total. The number of aliphatic carboxylic acids is 1. The van der Waals surface area contributed by atoms with E-state index in [1.165, 1.54) is 0 Å². The lowest BCUT2D eigenvalue weighted by Crippen LogP contribution is -2.40. The summed E-state index contributed by atoms with van der Waals surface area (Å²) in [4.78, 5) is 29.8. The molecular formula is C16H22N2O3. The second-order valence-corrected chi connectivity index (χ2v) is 5.93. The number of rotatable bonds is 5. The molecule has 1 aliphatic rings. The Bertz CT molecular complexity index is 502. The number of nitrogens with zero attached hydrogens (tertiary/aromatic N) is 2. The lowest BCUT2D eigenvalue weighted by atomic mass is 10.0. The summed E-state index contributed by atoms with van der Waals surface area (Å²) in [5.74, 6) is -1.27. The second-order valence-electron chi connectivity index (χ2n) is 5.93. The number of pyridine rings is 1. The van der Waals surface area contributed by atoms with Crippen molar-refractivity contribution < 1.29 is 14.7 Å². The molecule has 2 atom stereocenters. The number of carboxylic acid groups (broad SMARTS) is 1. The molecule has 21 heavy (non-hydrogen) atoms. The predicted molar refractivity (Wildman–Crippen MR) is 78.4 cm³/mol. The van der Waals surface area contributed by atoms with Crippen LogP contribution in [-0.2, 0) is 16.1 Å². The molecule has 1 aromatic rings. The number of amides is 1. The first-order valence-electron chi connectivity index (χ1n) is 7.42. The van der Waals surface area contributed by atoms with Gasteiger partial charge in [-0.2, -0.15) is 0 Å². The Labute approximate surface area is 125 Å². The highest BCUT2D eigenvalue weighted by Crippen LogP contribution is 2.33. The first-order valence-corrected chi connectivity index (χ1v) is 7.42. The van der Waals surface area contributed by atoms with Gasteiger partial charge in [0.1, 0.15) is 0 Å². The van der Waals surface area contributed by atoms with Crippen molar-refractivity contribution in [3.05, 3.63) is 30.1 Å². The maximum absolute atomic E-state index is 12.7. The molecule has 1 aliphatic carbocycles. The lowest BCUT2D eigenvalue weighted by molar-refractivity contribution is -0.142. The second kappa shape index (κ2) is 6.70. The molecule has 1 aromatic heterocycles. The highest BCUT2D eigenvalue weighted by molar-refractivity contribution is 5.81. The number of hydrogen-bond donors (Lipinski definition) is 1. The molecule has 0 radical (unpaired) electrons. The Balaban J connectivity index is 2.05. The summed E-state index contributed by atoms with van der Waals surface area (Å²) < 4.78 is 0. The van der Waals surface area contributed by atoms with Crippen molar-refractivity contribution in [2.45, 2.75) is 45.7 Å². The zero-order chi connectivity index (χ0) is 15.4. The first-order chi connectivity index (χ1) is 9.99. The fraction of sp³-hybridized carbons (Fsp3) is 0.562. The van der Waals surface area contributed by atoms with Gasteiger partial charge in [0.15, 0.2) is 0 Å². The van der Waals surface area contributed by atoms with Crippen LogP contribution in [0.3, 0.4) is 0 Å². The van der Waals surface area contributed by atoms with Crippen LogP contribution in [-0.4, -0.2) is 32.9 Å². The average molecular weight is 290 g/mol. The van der Waals surface area contributed by atoms with Gasteiger partial charge in [-0.25, -0.2) is 0 Å². The maximum atomic E-state index is 12.7. The van der Waals surface area contributed by atoms with E-state index in [0.717, 1.165) is 5.69 Å². The molecule has 0 spiro atoms. The molecule has 0 bridgehead atoms. The highest BCUT2D eigenvalue weighted by Gasteiger charge is 2.36. The molecule has 114 valence electrons. The zero-order valence-electron chi connectivity index (χ0n) is 12.5. The van der Waals surface area contributed by atoms with Crippen molar-refractivity contribution in [1.29, 1.82) is 0 Å². The summed E-state index contributed by atoms with van der Waals surface area (Å²) in [5, 5.41) is 9.06. The minimum Gasteiger partial charge on any atom is -0.481 e. The van der Waals surface area contributed by atoms with Gasteiger partial charge in [0.05, 0.1) is 18.2 Å². The van der Waals surface area contributed by atoms with Crippen molar-refractivity contribution in [1.82, 2.24) is 9.88 Å². The summed E-state index contributed by atoms with van der Waals surface area (Å²) in [6.45, 7) is 4.43. The van der Waals surface area contributed by atoms with Crippen molar-refractivity contribution in [2.75, 3.05) is 0 Å². The van der Waals surface area contributed by atoms with Crippen LogP contribution >= 0.6 is 0 Å². The number of aromatic nitrogens is 1. The SMILES string of the molecule is CC(C)N(Cc1ccccn1)C(=O)[C@@H]1CC[C@H](C(=O)O)C1. The Morgan fingerprint density at radius 2 is 2.05 bits per heavy atom. The molecule has 1 amide bonds. The number of carbonyl (C=O) groups excluding carboxylic acids is 1. The van der Waals surface area contributed by atoms with Crippen molar-refractivity contribution in [2.24, 2.45) is 11.8 Å². The summed E-state index contributed by atoms with van der Waals surface area (Å²) in [5.41, 5.74) is 0.854. The van der Waals surface area contributed by atoms with Crippen LogP contribution in [0.15, 0.2) is 24.4 Å². The van der Waals surface area contributed by atoms with E-state index in [4.69, 9.17) is 5.11 Å². The van der Waals surface area contributed by atoms with Crippen LogP contribution in [0.2, 0.25) is 0 Å². The monoisotopic (exact) mass is 290 g/mol. The number of carboxylic acids is 1. The Kier molecular flexibility index (Phi) is 4.94. The number of hydrogen-bond acceptors (Lipinski definition) is 3. The predicted octanol–water partition coefficient (Wildman–Crippen LogP) is 2.32. The molecule has 0 aromatic carbocycles. The van der Waals surface area contributed by atoms with E-state index < -0.39 is 5.97 Å². The van der Waals surface area contributed by atoms with Gasteiger partial charge in [-0.15, -0.1) is 0 Å². The van der Waals surface area contributed by atoms with Crippen molar-refractivity contribution in [3.8, 4) is 0 Å². The van der Waals surface area contributed by atoms with Crippen LogP contribution in [0, 0.1) is 11.8 Å². The van der Waals surface area contributed by atoms with Crippen LogP contribution < -0.4 is 0 Å². The van der Waals surface area contributed by atoms with E-state index >= 15 is 0 Å². The van der Waals surface area contributed by atoms with Gasteiger partial charge in [0, 0.05) is 18.2 Å². The van der Waals surface area contributed by atoms with Gasteiger partial charge >= 0.3 is 5.97 Å². The van der Waals surface area contributed by atoms with Crippen molar-refractivity contribution in [3.63, 3.8) is 0 Å². The third-order valence-corrected chi connectivity index (χ3v) is 4.10. The quantitative estimate of drug-likeness (QED) is 0.903.